The Balaban J connectivity index is 2.17. The van der Waals surface area contributed by atoms with Crippen molar-refractivity contribution in [1.29, 1.82) is 0 Å². The summed E-state index contributed by atoms with van der Waals surface area (Å²) in [4.78, 5) is 4.79. The highest BCUT2D eigenvalue weighted by Crippen LogP contribution is 2.30. The van der Waals surface area contributed by atoms with E-state index in [4.69, 9.17) is 16.6 Å². The van der Waals surface area contributed by atoms with Crippen molar-refractivity contribution < 1.29 is 0 Å². The van der Waals surface area contributed by atoms with Crippen molar-refractivity contribution in [1.82, 2.24) is 9.78 Å². The summed E-state index contributed by atoms with van der Waals surface area (Å²) in [6.07, 6.45) is 0.913. The van der Waals surface area contributed by atoms with Crippen molar-refractivity contribution >= 4 is 29.1 Å². The summed E-state index contributed by atoms with van der Waals surface area (Å²) in [6.45, 7) is 2.97. The van der Waals surface area contributed by atoms with Crippen molar-refractivity contribution in [3.63, 3.8) is 0 Å². The maximum absolute atomic E-state index is 5.99. The van der Waals surface area contributed by atoms with Gasteiger partial charge in [0, 0.05) is 29.9 Å². The van der Waals surface area contributed by atoms with Crippen LogP contribution >= 0.6 is 23.4 Å². The van der Waals surface area contributed by atoms with Gasteiger partial charge in [0.15, 0.2) is 0 Å². The lowest BCUT2D eigenvalue weighted by Crippen LogP contribution is -2.06. The number of nitrogens with zero attached hydrogens (tertiary/aromatic N) is 3. The molecular weight excluding hydrogens is 290 g/mol. The molecule has 1 aromatic heterocycles. The molecule has 3 nitrogen and oxygen atoms in total. The van der Waals surface area contributed by atoms with Crippen LogP contribution in [0.2, 0.25) is 5.02 Å². The molecule has 1 aliphatic heterocycles. The fourth-order valence-corrected chi connectivity index (χ4v) is 3.52. The average molecular weight is 306 g/mol. The second-order valence-corrected chi connectivity index (χ2v) is 6.21. The molecule has 0 atom stereocenters. The third kappa shape index (κ3) is 2.38. The van der Waals surface area contributed by atoms with Gasteiger partial charge in [0.05, 0.1) is 17.0 Å². The highest BCUT2D eigenvalue weighted by atomic mass is 35.5. The Morgan fingerprint density at radius 3 is 2.75 bits per heavy atom. The molecule has 104 valence electrons. The Labute approximate surface area is 128 Å². The summed E-state index contributed by atoms with van der Waals surface area (Å²) in [5, 5.41) is 6.60. The molecule has 0 bridgehead atoms. The first kappa shape index (κ1) is 13.7. The van der Waals surface area contributed by atoms with Crippen LogP contribution < -0.4 is 0 Å². The maximum Gasteiger partial charge on any atom is 0.103 e. The van der Waals surface area contributed by atoms with E-state index in [9.17, 15) is 0 Å². The molecule has 2 heterocycles. The minimum Gasteiger partial charge on any atom is -0.283 e. The lowest BCUT2D eigenvalue weighted by atomic mass is 10.0. The molecule has 5 heteroatoms. The quantitative estimate of drug-likeness (QED) is 0.849. The van der Waals surface area contributed by atoms with Crippen molar-refractivity contribution in [2.75, 3.05) is 12.3 Å². The van der Waals surface area contributed by atoms with Gasteiger partial charge < -0.3 is 0 Å². The topological polar surface area (TPSA) is 30.2 Å². The van der Waals surface area contributed by atoms with Gasteiger partial charge in [-0.05, 0) is 18.6 Å². The first-order valence-corrected chi connectivity index (χ1v) is 8.06. The number of aromatic nitrogens is 2. The van der Waals surface area contributed by atoms with Crippen molar-refractivity contribution in [3.05, 3.63) is 46.1 Å². The molecule has 3 rings (SSSR count). The second-order valence-electron chi connectivity index (χ2n) is 4.69. The van der Waals surface area contributed by atoms with E-state index in [0.717, 1.165) is 40.7 Å². The van der Waals surface area contributed by atoms with Crippen LogP contribution in [-0.2, 0) is 13.5 Å². The summed E-state index contributed by atoms with van der Waals surface area (Å²) in [7, 11) is 2.01. The zero-order chi connectivity index (χ0) is 14.1. The molecule has 0 amide bonds. The second kappa shape index (κ2) is 5.62. The summed E-state index contributed by atoms with van der Waals surface area (Å²) in [6, 6.07) is 7.90. The lowest BCUT2D eigenvalue weighted by Gasteiger charge is -2.07. The SMILES string of the molecule is CCc1nn(C)c2c1C(c1ccc(Cl)cc1)=NCCS2. The number of fused-ring (bicyclic) bond motifs is 1. The summed E-state index contributed by atoms with van der Waals surface area (Å²) >= 11 is 7.82. The van der Waals surface area contributed by atoms with E-state index in [1.807, 2.05) is 47.8 Å². The Bertz CT molecular complexity index is 659. The van der Waals surface area contributed by atoms with E-state index >= 15 is 0 Å². The molecule has 0 fully saturated rings. The Morgan fingerprint density at radius 2 is 2.05 bits per heavy atom. The Hall–Kier alpha value is -1.26. The standard InChI is InChI=1S/C15H16ClN3S/c1-3-12-13-14(10-4-6-11(16)7-5-10)17-8-9-20-15(13)19(2)18-12/h4-7H,3,8-9H2,1-2H3. The zero-order valence-corrected chi connectivity index (χ0v) is 13.1. The summed E-state index contributed by atoms with van der Waals surface area (Å²) in [5.41, 5.74) is 4.47. The third-order valence-corrected chi connectivity index (χ3v) is 4.74. The zero-order valence-electron chi connectivity index (χ0n) is 11.6. The number of hydrogen-bond acceptors (Lipinski definition) is 3. The normalized spacial score (nSPS) is 14.7. The van der Waals surface area contributed by atoms with E-state index in [0.29, 0.717) is 0 Å². The molecule has 0 aliphatic carbocycles. The van der Waals surface area contributed by atoms with Gasteiger partial charge in [-0.1, -0.05) is 30.7 Å². The molecule has 2 aromatic rings. The number of benzene rings is 1. The van der Waals surface area contributed by atoms with Crippen LogP contribution in [0.25, 0.3) is 0 Å². The van der Waals surface area contributed by atoms with Gasteiger partial charge in [0.1, 0.15) is 5.03 Å². The number of rotatable bonds is 2. The first-order chi connectivity index (χ1) is 9.70. The first-order valence-electron chi connectivity index (χ1n) is 6.70. The van der Waals surface area contributed by atoms with Crippen LogP contribution in [0.3, 0.4) is 0 Å². The highest BCUT2D eigenvalue weighted by Gasteiger charge is 2.23. The number of hydrogen-bond donors (Lipinski definition) is 0. The molecule has 0 radical (unpaired) electrons. The van der Waals surface area contributed by atoms with Crippen molar-refractivity contribution in [2.24, 2.45) is 12.0 Å². The van der Waals surface area contributed by atoms with Gasteiger partial charge in [-0.2, -0.15) is 5.10 Å². The third-order valence-electron chi connectivity index (χ3n) is 3.36. The van der Waals surface area contributed by atoms with Crippen molar-refractivity contribution in [3.8, 4) is 0 Å². The summed E-state index contributed by atoms with van der Waals surface area (Å²) in [5.74, 6) is 0.993. The van der Waals surface area contributed by atoms with Crippen LogP contribution in [0.1, 0.15) is 23.7 Å². The van der Waals surface area contributed by atoms with Gasteiger partial charge in [0.25, 0.3) is 0 Å². The number of thioether (sulfide) groups is 1. The molecule has 20 heavy (non-hydrogen) atoms. The fourth-order valence-electron chi connectivity index (χ4n) is 2.43. The minimum absolute atomic E-state index is 0.750. The predicted molar refractivity (Wildman–Crippen MR) is 85.3 cm³/mol. The van der Waals surface area contributed by atoms with E-state index in [1.165, 1.54) is 10.6 Å². The number of halogens is 1. The highest BCUT2D eigenvalue weighted by molar-refractivity contribution is 7.99. The molecule has 0 unspecified atom stereocenters. The van der Waals surface area contributed by atoms with Gasteiger partial charge in [0.2, 0.25) is 0 Å². The molecule has 0 spiro atoms. The Kier molecular flexibility index (Phi) is 3.85. The smallest absolute Gasteiger partial charge is 0.103 e. The van der Waals surface area contributed by atoms with Crippen LogP contribution in [0.4, 0.5) is 0 Å². The number of aliphatic imine (C=N–C) groups is 1. The van der Waals surface area contributed by atoms with E-state index in [-0.39, 0.29) is 0 Å². The summed E-state index contributed by atoms with van der Waals surface area (Å²) < 4.78 is 1.98. The molecule has 0 N–H and O–H groups in total. The lowest BCUT2D eigenvalue weighted by molar-refractivity contribution is 0.687. The van der Waals surface area contributed by atoms with E-state index < -0.39 is 0 Å². The molecule has 1 aliphatic rings. The van der Waals surface area contributed by atoms with Crippen LogP contribution in [0.5, 0.6) is 0 Å². The average Bonchev–Trinajstić information content (AvgIpc) is 2.64. The maximum atomic E-state index is 5.99. The van der Waals surface area contributed by atoms with Gasteiger partial charge in [-0.3, -0.25) is 9.67 Å². The largest absolute Gasteiger partial charge is 0.283 e. The van der Waals surface area contributed by atoms with Crippen LogP contribution in [0, 0.1) is 0 Å². The minimum atomic E-state index is 0.750. The fraction of sp³-hybridized carbons (Fsp3) is 0.333. The van der Waals surface area contributed by atoms with Crippen LogP contribution in [-0.4, -0.2) is 27.8 Å². The van der Waals surface area contributed by atoms with Gasteiger partial charge >= 0.3 is 0 Å². The van der Waals surface area contributed by atoms with E-state index in [2.05, 4.69) is 12.0 Å². The molecule has 1 aromatic carbocycles. The monoisotopic (exact) mass is 305 g/mol. The molecule has 0 saturated heterocycles. The molecule has 0 saturated carbocycles. The van der Waals surface area contributed by atoms with Crippen molar-refractivity contribution in [2.45, 2.75) is 18.4 Å². The van der Waals surface area contributed by atoms with Crippen LogP contribution in [0.15, 0.2) is 34.3 Å². The molecular formula is C15H16ClN3S. The van der Waals surface area contributed by atoms with E-state index in [1.54, 1.807) is 0 Å². The predicted octanol–water partition coefficient (Wildman–Crippen LogP) is 3.58. The van der Waals surface area contributed by atoms with Gasteiger partial charge in [-0.25, -0.2) is 0 Å². The van der Waals surface area contributed by atoms with Gasteiger partial charge in [-0.15, -0.1) is 11.8 Å². The Morgan fingerprint density at radius 1 is 1.30 bits per heavy atom. The number of aryl methyl sites for hydroxylation is 2.